The predicted octanol–water partition coefficient (Wildman–Crippen LogP) is 5.03. The van der Waals surface area contributed by atoms with Gasteiger partial charge in [-0.25, -0.2) is 0 Å². The molecule has 0 aliphatic carbocycles. The highest BCUT2D eigenvalue weighted by atomic mass is 16.3. The second-order valence-electron chi connectivity index (χ2n) is 6.35. The second kappa shape index (κ2) is 7.95. The number of nitrogens with zero attached hydrogens (tertiary/aromatic N) is 3. The minimum Gasteiger partial charge on any atom is -0.508 e. The first-order chi connectivity index (χ1) is 11.8. The number of hydrogen-bond donors (Lipinski definition) is 1. The molecule has 0 spiro atoms. The van der Waals surface area contributed by atoms with Crippen LogP contribution in [0.5, 0.6) is 5.75 Å². The molecule has 1 aromatic heterocycles. The van der Waals surface area contributed by atoms with E-state index in [2.05, 4.69) is 23.2 Å². The third-order valence-corrected chi connectivity index (χ3v) is 4.30. The predicted molar refractivity (Wildman–Crippen MR) is 97.6 cm³/mol. The first-order valence-electron chi connectivity index (χ1n) is 8.91. The van der Waals surface area contributed by atoms with Crippen LogP contribution in [0.15, 0.2) is 42.5 Å². The van der Waals surface area contributed by atoms with Crippen molar-refractivity contribution in [1.29, 1.82) is 0 Å². The zero-order chi connectivity index (χ0) is 16.8. The molecule has 4 nitrogen and oxygen atoms in total. The van der Waals surface area contributed by atoms with Crippen molar-refractivity contribution in [3.05, 3.63) is 48.0 Å². The van der Waals surface area contributed by atoms with Crippen molar-refractivity contribution < 1.29 is 5.11 Å². The van der Waals surface area contributed by atoms with Gasteiger partial charge < -0.3 is 5.11 Å². The average molecular weight is 323 g/mol. The summed E-state index contributed by atoms with van der Waals surface area (Å²) in [6.07, 6.45) is 8.61. The Hall–Kier alpha value is -2.36. The first-order valence-corrected chi connectivity index (χ1v) is 8.91. The molecule has 1 N–H and O–H groups in total. The molecular formula is C20H25N3O. The lowest BCUT2D eigenvalue weighted by Gasteiger charge is -2.06. The van der Waals surface area contributed by atoms with Crippen LogP contribution >= 0.6 is 0 Å². The SMILES string of the molecule is CCCCCCCCc1cc(O)cc(-n2nc3ccccc3n2)c1. The highest BCUT2D eigenvalue weighted by Gasteiger charge is 2.07. The number of phenols is 1. The Morgan fingerprint density at radius 1 is 0.875 bits per heavy atom. The molecule has 3 rings (SSSR count). The van der Waals surface area contributed by atoms with Gasteiger partial charge >= 0.3 is 0 Å². The van der Waals surface area contributed by atoms with Gasteiger partial charge in [-0.1, -0.05) is 51.2 Å². The molecule has 3 aromatic rings. The van der Waals surface area contributed by atoms with E-state index in [-0.39, 0.29) is 5.75 Å². The summed E-state index contributed by atoms with van der Waals surface area (Å²) in [6.45, 7) is 2.24. The van der Waals surface area contributed by atoms with Gasteiger partial charge in [-0.05, 0) is 42.7 Å². The fourth-order valence-corrected chi connectivity index (χ4v) is 3.00. The summed E-state index contributed by atoms with van der Waals surface area (Å²) in [5.74, 6) is 0.273. The van der Waals surface area contributed by atoms with Gasteiger partial charge in [0.15, 0.2) is 0 Å². The third-order valence-electron chi connectivity index (χ3n) is 4.30. The molecule has 126 valence electrons. The van der Waals surface area contributed by atoms with Crippen LogP contribution in [0.2, 0.25) is 0 Å². The molecule has 1 heterocycles. The number of aromatic hydroxyl groups is 1. The maximum absolute atomic E-state index is 10.0. The number of hydrogen-bond acceptors (Lipinski definition) is 3. The van der Waals surface area contributed by atoms with Crippen molar-refractivity contribution in [1.82, 2.24) is 15.0 Å². The summed E-state index contributed by atoms with van der Waals surface area (Å²) in [7, 11) is 0. The number of unbranched alkanes of at least 4 members (excludes halogenated alkanes) is 5. The zero-order valence-corrected chi connectivity index (χ0v) is 14.3. The summed E-state index contributed by atoms with van der Waals surface area (Å²) in [6, 6.07) is 13.4. The summed E-state index contributed by atoms with van der Waals surface area (Å²) >= 11 is 0. The summed E-state index contributed by atoms with van der Waals surface area (Å²) in [4.78, 5) is 1.61. The lowest BCUT2D eigenvalue weighted by atomic mass is 10.0. The van der Waals surface area contributed by atoms with Crippen LogP contribution in [-0.2, 0) is 6.42 Å². The molecule has 0 saturated heterocycles. The largest absolute Gasteiger partial charge is 0.508 e. The summed E-state index contributed by atoms with van der Waals surface area (Å²) < 4.78 is 0. The Morgan fingerprint density at radius 2 is 1.54 bits per heavy atom. The Labute approximate surface area is 143 Å². The molecule has 0 amide bonds. The van der Waals surface area contributed by atoms with Gasteiger partial charge in [0.1, 0.15) is 16.8 Å². The van der Waals surface area contributed by atoms with E-state index in [0.717, 1.165) is 35.1 Å². The second-order valence-corrected chi connectivity index (χ2v) is 6.35. The molecule has 24 heavy (non-hydrogen) atoms. The van der Waals surface area contributed by atoms with E-state index in [9.17, 15) is 5.11 Å². The quantitative estimate of drug-likeness (QED) is 0.592. The maximum atomic E-state index is 10.0. The van der Waals surface area contributed by atoms with Crippen LogP contribution in [0, 0.1) is 0 Å². The molecule has 0 unspecified atom stereocenters. The van der Waals surface area contributed by atoms with Gasteiger partial charge in [-0.2, -0.15) is 4.80 Å². The van der Waals surface area contributed by atoms with Gasteiger partial charge in [0, 0.05) is 6.07 Å². The van der Waals surface area contributed by atoms with Crippen molar-refractivity contribution >= 4 is 11.0 Å². The fraction of sp³-hybridized carbons (Fsp3) is 0.400. The van der Waals surface area contributed by atoms with Crippen LogP contribution in [0.3, 0.4) is 0 Å². The Balaban J connectivity index is 1.69. The van der Waals surface area contributed by atoms with E-state index >= 15 is 0 Å². The fourth-order valence-electron chi connectivity index (χ4n) is 3.00. The summed E-state index contributed by atoms with van der Waals surface area (Å²) in [5.41, 5.74) is 3.67. The van der Waals surface area contributed by atoms with Gasteiger partial charge in [0.25, 0.3) is 0 Å². The molecule has 0 aliphatic rings. The maximum Gasteiger partial charge on any atom is 0.118 e. The van der Waals surface area contributed by atoms with Crippen molar-refractivity contribution in [2.45, 2.75) is 51.9 Å². The molecule has 0 aliphatic heterocycles. The molecule has 0 fully saturated rings. The molecule has 2 aromatic carbocycles. The van der Waals surface area contributed by atoms with E-state index in [1.807, 2.05) is 30.3 Å². The van der Waals surface area contributed by atoms with Gasteiger partial charge in [0.05, 0.1) is 5.69 Å². The molecular weight excluding hydrogens is 298 g/mol. The number of benzene rings is 2. The zero-order valence-electron chi connectivity index (χ0n) is 14.3. The number of fused-ring (bicyclic) bond motifs is 1. The van der Waals surface area contributed by atoms with Crippen LogP contribution in [-0.4, -0.2) is 20.1 Å². The average Bonchev–Trinajstić information content (AvgIpc) is 3.02. The van der Waals surface area contributed by atoms with Gasteiger partial charge in [0.2, 0.25) is 0 Å². The van der Waals surface area contributed by atoms with Gasteiger partial charge in [-0.3, -0.25) is 0 Å². The van der Waals surface area contributed by atoms with Crippen molar-refractivity contribution in [3.8, 4) is 11.4 Å². The first kappa shape index (κ1) is 16.5. The van der Waals surface area contributed by atoms with E-state index < -0.39 is 0 Å². The molecule has 4 heteroatoms. The standard InChI is InChI=1S/C20H25N3O/c1-2-3-4-5-6-7-10-16-13-17(15-18(24)14-16)23-21-19-11-8-9-12-20(19)22-23/h8-9,11-15,24H,2-7,10H2,1H3. The smallest absolute Gasteiger partial charge is 0.118 e. The number of phenolic OH excluding ortho intramolecular Hbond substituents is 1. The molecule has 0 saturated carbocycles. The van der Waals surface area contributed by atoms with E-state index in [1.165, 1.54) is 32.1 Å². The van der Waals surface area contributed by atoms with Crippen LogP contribution in [0.4, 0.5) is 0 Å². The third kappa shape index (κ3) is 4.13. The Bertz CT molecular complexity index is 761. The van der Waals surface area contributed by atoms with Crippen molar-refractivity contribution in [3.63, 3.8) is 0 Å². The minimum absolute atomic E-state index is 0.273. The molecule has 0 atom stereocenters. The topological polar surface area (TPSA) is 50.9 Å². The van der Waals surface area contributed by atoms with E-state index in [4.69, 9.17) is 0 Å². The highest BCUT2D eigenvalue weighted by Crippen LogP contribution is 2.21. The highest BCUT2D eigenvalue weighted by molar-refractivity contribution is 5.73. The molecule has 0 radical (unpaired) electrons. The van der Waals surface area contributed by atoms with Gasteiger partial charge in [-0.15, -0.1) is 10.2 Å². The van der Waals surface area contributed by atoms with E-state index in [1.54, 1.807) is 10.9 Å². The lowest BCUT2D eigenvalue weighted by Crippen LogP contribution is -1.99. The monoisotopic (exact) mass is 323 g/mol. The number of rotatable bonds is 8. The van der Waals surface area contributed by atoms with Crippen LogP contribution in [0.25, 0.3) is 16.7 Å². The van der Waals surface area contributed by atoms with Crippen LogP contribution < -0.4 is 0 Å². The minimum atomic E-state index is 0.273. The van der Waals surface area contributed by atoms with E-state index in [0.29, 0.717) is 0 Å². The summed E-state index contributed by atoms with van der Waals surface area (Å²) in [5, 5.41) is 19.0. The normalized spacial score (nSPS) is 11.2. The lowest BCUT2D eigenvalue weighted by molar-refractivity contribution is 0.473. The Morgan fingerprint density at radius 3 is 2.25 bits per heavy atom. The number of aryl methyl sites for hydroxylation is 1. The Kier molecular flexibility index (Phi) is 5.47. The number of aromatic nitrogens is 3. The van der Waals surface area contributed by atoms with Crippen molar-refractivity contribution in [2.24, 2.45) is 0 Å². The van der Waals surface area contributed by atoms with Crippen LogP contribution in [0.1, 0.15) is 51.0 Å². The van der Waals surface area contributed by atoms with Crippen molar-refractivity contribution in [2.75, 3.05) is 0 Å². The molecule has 0 bridgehead atoms.